The minimum Gasteiger partial charge on any atom is -0.344 e. The Morgan fingerprint density at radius 3 is 2.35 bits per heavy atom. The molecule has 20 heavy (non-hydrogen) atoms. The van der Waals surface area contributed by atoms with E-state index in [1.54, 1.807) is 0 Å². The molecule has 0 radical (unpaired) electrons. The van der Waals surface area contributed by atoms with Crippen molar-refractivity contribution in [2.75, 3.05) is 37.6 Å². The van der Waals surface area contributed by atoms with Gasteiger partial charge in [0.25, 0.3) is 0 Å². The van der Waals surface area contributed by atoms with Crippen LogP contribution in [0.2, 0.25) is 0 Å². The van der Waals surface area contributed by atoms with E-state index in [1.807, 2.05) is 0 Å². The average Bonchev–Trinajstić information content (AvgIpc) is 2.90. The van der Waals surface area contributed by atoms with Crippen molar-refractivity contribution >= 4 is 16.7 Å². The quantitative estimate of drug-likeness (QED) is 0.916. The summed E-state index contributed by atoms with van der Waals surface area (Å²) >= 11 is 1.53. The normalized spacial score (nSPS) is 19.4. The number of piperazine rings is 1. The summed E-state index contributed by atoms with van der Waals surface area (Å²) in [7, 11) is 0. The molecule has 1 aromatic heterocycles. The molecule has 2 rings (SSSR count). The Morgan fingerprint density at radius 1 is 1.25 bits per heavy atom. The third-order valence-corrected chi connectivity index (χ3v) is 4.71. The lowest BCUT2D eigenvalue weighted by atomic mass is 9.96. The van der Waals surface area contributed by atoms with E-state index in [0.29, 0.717) is 6.04 Å². The van der Waals surface area contributed by atoms with Crippen molar-refractivity contribution in [2.24, 2.45) is 5.73 Å². The lowest BCUT2D eigenvalue weighted by molar-refractivity contribution is 0.184. The Kier molecular flexibility index (Phi) is 4.99. The van der Waals surface area contributed by atoms with Gasteiger partial charge in [0.15, 0.2) is 0 Å². The first-order valence-electron chi connectivity index (χ1n) is 7.49. The van der Waals surface area contributed by atoms with E-state index < -0.39 is 0 Å². The second-order valence-electron chi connectivity index (χ2n) is 6.47. The van der Waals surface area contributed by atoms with Crippen LogP contribution in [0.15, 0.2) is 0 Å². The van der Waals surface area contributed by atoms with Crippen LogP contribution in [-0.4, -0.2) is 53.0 Å². The number of nitrogens with two attached hydrogens (primary N) is 1. The van der Waals surface area contributed by atoms with Gasteiger partial charge < -0.3 is 10.6 Å². The van der Waals surface area contributed by atoms with Crippen LogP contribution in [-0.2, 0) is 5.41 Å². The summed E-state index contributed by atoms with van der Waals surface area (Å²) in [6.07, 6.45) is 1.13. The van der Waals surface area contributed by atoms with Gasteiger partial charge in [-0.1, -0.05) is 27.7 Å². The van der Waals surface area contributed by atoms with E-state index in [2.05, 4.69) is 41.9 Å². The van der Waals surface area contributed by atoms with E-state index in [1.165, 1.54) is 11.5 Å². The summed E-state index contributed by atoms with van der Waals surface area (Å²) in [4.78, 5) is 9.56. The van der Waals surface area contributed by atoms with Crippen LogP contribution < -0.4 is 10.6 Å². The molecule has 6 heteroatoms. The zero-order valence-corrected chi connectivity index (χ0v) is 13.9. The molecule has 0 spiro atoms. The molecule has 1 unspecified atom stereocenters. The number of rotatable bonds is 4. The highest BCUT2D eigenvalue weighted by atomic mass is 32.1. The summed E-state index contributed by atoms with van der Waals surface area (Å²) < 4.78 is 4.50. The van der Waals surface area contributed by atoms with Crippen molar-refractivity contribution < 1.29 is 0 Å². The van der Waals surface area contributed by atoms with Gasteiger partial charge >= 0.3 is 0 Å². The first-order valence-corrected chi connectivity index (χ1v) is 8.26. The molecule has 0 amide bonds. The molecule has 114 valence electrons. The minimum atomic E-state index is 0.0312. The average molecular weight is 297 g/mol. The SMILES string of the molecule is CCC(CN)N1CCN(c2nc(C(C)(C)C)ns2)CC1. The maximum Gasteiger partial charge on any atom is 0.205 e. The lowest BCUT2D eigenvalue weighted by Crippen LogP contribution is -2.52. The molecule has 1 aliphatic rings. The van der Waals surface area contributed by atoms with E-state index in [0.717, 1.165) is 50.1 Å². The fraction of sp³-hybridized carbons (Fsp3) is 0.857. The number of anilines is 1. The largest absolute Gasteiger partial charge is 0.344 e. The molecule has 2 N–H and O–H groups in total. The summed E-state index contributed by atoms with van der Waals surface area (Å²) in [5, 5.41) is 1.07. The number of hydrogen-bond acceptors (Lipinski definition) is 6. The van der Waals surface area contributed by atoms with Gasteiger partial charge in [0.05, 0.1) is 0 Å². The molecule has 1 aromatic rings. The molecule has 5 nitrogen and oxygen atoms in total. The Morgan fingerprint density at radius 2 is 1.90 bits per heavy atom. The molecule has 1 fully saturated rings. The smallest absolute Gasteiger partial charge is 0.205 e. The fourth-order valence-corrected chi connectivity index (χ4v) is 3.41. The van der Waals surface area contributed by atoms with Gasteiger partial charge in [0.1, 0.15) is 5.82 Å². The Labute approximate surface area is 126 Å². The van der Waals surface area contributed by atoms with Gasteiger partial charge in [-0.15, -0.1) is 0 Å². The van der Waals surface area contributed by atoms with E-state index in [-0.39, 0.29) is 5.41 Å². The highest BCUT2D eigenvalue weighted by Crippen LogP contribution is 2.26. The summed E-state index contributed by atoms with van der Waals surface area (Å²) in [6, 6.07) is 0.525. The van der Waals surface area contributed by atoms with Crippen molar-refractivity contribution in [3.05, 3.63) is 5.82 Å². The van der Waals surface area contributed by atoms with Gasteiger partial charge in [-0.25, -0.2) is 4.98 Å². The van der Waals surface area contributed by atoms with Gasteiger partial charge in [0, 0.05) is 55.7 Å². The topological polar surface area (TPSA) is 58.3 Å². The second kappa shape index (κ2) is 6.37. The zero-order chi connectivity index (χ0) is 14.8. The molecule has 0 aliphatic carbocycles. The first kappa shape index (κ1) is 15.7. The number of nitrogens with zero attached hydrogens (tertiary/aromatic N) is 4. The van der Waals surface area contributed by atoms with Crippen LogP contribution in [0, 0.1) is 0 Å². The second-order valence-corrected chi connectivity index (χ2v) is 7.20. The first-order chi connectivity index (χ1) is 9.45. The van der Waals surface area contributed by atoms with E-state index in [9.17, 15) is 0 Å². The number of hydrogen-bond donors (Lipinski definition) is 1. The zero-order valence-electron chi connectivity index (χ0n) is 13.1. The molecule has 2 heterocycles. The minimum absolute atomic E-state index is 0.0312. The van der Waals surface area contributed by atoms with E-state index >= 15 is 0 Å². The highest BCUT2D eigenvalue weighted by molar-refractivity contribution is 7.09. The van der Waals surface area contributed by atoms with Crippen LogP contribution in [0.3, 0.4) is 0 Å². The van der Waals surface area contributed by atoms with Gasteiger partial charge in [-0.2, -0.15) is 4.37 Å². The third kappa shape index (κ3) is 3.48. The van der Waals surface area contributed by atoms with Gasteiger partial charge in [-0.3, -0.25) is 4.90 Å². The maximum absolute atomic E-state index is 5.84. The molecule has 1 saturated heterocycles. The van der Waals surface area contributed by atoms with Crippen molar-refractivity contribution in [3.8, 4) is 0 Å². The molecule has 0 bridgehead atoms. The van der Waals surface area contributed by atoms with Crippen LogP contribution in [0.1, 0.15) is 39.9 Å². The molecule has 1 aliphatic heterocycles. The summed E-state index contributed by atoms with van der Waals surface area (Å²) in [5.74, 6) is 0.952. The molecular weight excluding hydrogens is 270 g/mol. The molecular formula is C14H27N5S. The van der Waals surface area contributed by atoms with E-state index in [4.69, 9.17) is 10.7 Å². The standard InChI is InChI=1S/C14H27N5S/c1-5-11(10-15)18-6-8-19(9-7-18)13-16-12(17-20-13)14(2,3)4/h11H,5-10,15H2,1-4H3. The summed E-state index contributed by atoms with van der Waals surface area (Å²) in [5.41, 5.74) is 5.87. The molecule has 0 saturated carbocycles. The lowest BCUT2D eigenvalue weighted by Gasteiger charge is -2.38. The predicted octanol–water partition coefficient (Wildman–Crippen LogP) is 1.69. The highest BCUT2D eigenvalue weighted by Gasteiger charge is 2.25. The van der Waals surface area contributed by atoms with Crippen molar-refractivity contribution in [3.63, 3.8) is 0 Å². The Balaban J connectivity index is 1.95. The van der Waals surface area contributed by atoms with Crippen LogP contribution in [0.5, 0.6) is 0 Å². The Bertz CT molecular complexity index is 413. The van der Waals surface area contributed by atoms with Crippen LogP contribution in [0.25, 0.3) is 0 Å². The van der Waals surface area contributed by atoms with Crippen LogP contribution >= 0.6 is 11.5 Å². The predicted molar refractivity (Wildman–Crippen MR) is 85.5 cm³/mol. The molecule has 0 aromatic carbocycles. The van der Waals surface area contributed by atoms with Crippen LogP contribution in [0.4, 0.5) is 5.13 Å². The fourth-order valence-electron chi connectivity index (χ4n) is 2.50. The van der Waals surface area contributed by atoms with Gasteiger partial charge in [-0.05, 0) is 6.42 Å². The maximum atomic E-state index is 5.84. The van der Waals surface area contributed by atoms with Crippen molar-refractivity contribution in [1.29, 1.82) is 0 Å². The van der Waals surface area contributed by atoms with Crippen molar-refractivity contribution in [1.82, 2.24) is 14.3 Å². The molecule has 1 atom stereocenters. The number of aromatic nitrogens is 2. The summed E-state index contributed by atoms with van der Waals surface area (Å²) in [6.45, 7) is 13.6. The monoisotopic (exact) mass is 297 g/mol. The third-order valence-electron chi connectivity index (χ3n) is 3.93. The van der Waals surface area contributed by atoms with Gasteiger partial charge in [0.2, 0.25) is 5.13 Å². The Hall–Kier alpha value is -0.720. The van der Waals surface area contributed by atoms with Crippen molar-refractivity contribution in [2.45, 2.75) is 45.6 Å².